The highest BCUT2D eigenvalue weighted by Gasteiger charge is 2.44. The third-order valence-corrected chi connectivity index (χ3v) is 4.04. The van der Waals surface area contributed by atoms with Crippen LogP contribution in [0.4, 0.5) is 0 Å². The summed E-state index contributed by atoms with van der Waals surface area (Å²) in [6, 6.07) is 8.35. The molecule has 7 heteroatoms. The number of methoxy groups -OCH3 is 1. The van der Waals surface area contributed by atoms with Crippen LogP contribution in [0.2, 0.25) is 0 Å². The highest BCUT2D eigenvalue weighted by molar-refractivity contribution is 6.15. The van der Waals surface area contributed by atoms with E-state index in [9.17, 15) is 19.8 Å². The van der Waals surface area contributed by atoms with E-state index in [1.54, 1.807) is 18.2 Å². The molecule has 0 spiro atoms. The maximum absolute atomic E-state index is 12.8. The van der Waals surface area contributed by atoms with Crippen LogP contribution >= 0.6 is 0 Å². The third kappa shape index (κ3) is 3.01. The average Bonchev–Trinajstić information content (AvgIpc) is 3.22. The molecule has 0 aliphatic carbocycles. The molecule has 1 aliphatic rings. The van der Waals surface area contributed by atoms with E-state index in [0.717, 1.165) is 0 Å². The molecule has 25 heavy (non-hydrogen) atoms. The fourth-order valence-electron chi connectivity index (χ4n) is 2.85. The third-order valence-electron chi connectivity index (χ3n) is 4.04. The van der Waals surface area contributed by atoms with Gasteiger partial charge in [0.2, 0.25) is 5.78 Å². The molecule has 1 aliphatic heterocycles. The van der Waals surface area contributed by atoms with E-state index >= 15 is 0 Å². The lowest BCUT2D eigenvalue weighted by Gasteiger charge is -2.26. The van der Waals surface area contributed by atoms with Gasteiger partial charge in [-0.1, -0.05) is 12.1 Å². The molecule has 0 fully saturated rings. The quantitative estimate of drug-likeness (QED) is 0.780. The monoisotopic (exact) mass is 343 g/mol. The molecule has 1 amide bonds. The van der Waals surface area contributed by atoms with Crippen LogP contribution in [0.3, 0.4) is 0 Å². The van der Waals surface area contributed by atoms with E-state index in [1.165, 1.54) is 36.5 Å². The Hall–Kier alpha value is -3.06. The summed E-state index contributed by atoms with van der Waals surface area (Å²) in [4.78, 5) is 26.6. The average molecular weight is 343 g/mol. The number of carbonyl (C=O) groups excluding carboxylic acids is 2. The molecule has 0 saturated carbocycles. The normalized spacial score (nSPS) is 17.4. The van der Waals surface area contributed by atoms with Gasteiger partial charge in [-0.15, -0.1) is 0 Å². The standard InChI is InChI=1S/C18H17NO6/c1-24-10-8-19-15(11-4-6-12(20)7-5-11)14(17(22)18(19)23)16(21)13-3-2-9-25-13/h2-7,9,15,20,22H,8,10H2,1H3/t15-/m1/s1. The first-order chi connectivity index (χ1) is 12.0. The van der Waals surface area contributed by atoms with Crippen molar-refractivity contribution < 1.29 is 29.0 Å². The molecular formula is C18H17NO6. The summed E-state index contributed by atoms with van der Waals surface area (Å²) in [6.07, 6.45) is 1.35. The van der Waals surface area contributed by atoms with Gasteiger partial charge in [-0.2, -0.15) is 0 Å². The van der Waals surface area contributed by atoms with Crippen molar-refractivity contribution >= 4 is 11.7 Å². The Kier molecular flexibility index (Phi) is 4.58. The fourth-order valence-corrected chi connectivity index (χ4v) is 2.85. The van der Waals surface area contributed by atoms with Crippen molar-refractivity contribution in [2.24, 2.45) is 0 Å². The lowest BCUT2D eigenvalue weighted by Crippen LogP contribution is -2.33. The minimum atomic E-state index is -0.791. The molecule has 1 atom stereocenters. The van der Waals surface area contributed by atoms with Gasteiger partial charge < -0.3 is 24.3 Å². The Balaban J connectivity index is 2.06. The number of phenolic OH excluding ortho intramolecular Hbond substituents is 1. The number of aromatic hydroxyl groups is 1. The van der Waals surface area contributed by atoms with Crippen LogP contribution < -0.4 is 0 Å². The molecule has 2 aromatic rings. The minimum absolute atomic E-state index is 0.0340. The minimum Gasteiger partial charge on any atom is -0.508 e. The van der Waals surface area contributed by atoms with Crippen LogP contribution in [0.1, 0.15) is 22.2 Å². The number of carbonyl (C=O) groups is 2. The number of Topliss-reactive ketones (excluding diaryl/α,β-unsaturated/α-hetero) is 1. The Morgan fingerprint density at radius 2 is 1.96 bits per heavy atom. The summed E-state index contributed by atoms with van der Waals surface area (Å²) in [5.41, 5.74) is 0.531. The van der Waals surface area contributed by atoms with E-state index in [0.29, 0.717) is 5.56 Å². The number of hydrogen-bond donors (Lipinski definition) is 2. The van der Waals surface area contributed by atoms with Crippen molar-refractivity contribution in [3.63, 3.8) is 0 Å². The maximum Gasteiger partial charge on any atom is 0.290 e. The lowest BCUT2D eigenvalue weighted by atomic mass is 9.95. The molecule has 0 bridgehead atoms. The first-order valence-electron chi connectivity index (χ1n) is 7.64. The number of amides is 1. The van der Waals surface area contributed by atoms with Gasteiger partial charge in [-0.05, 0) is 29.8 Å². The second-order valence-corrected chi connectivity index (χ2v) is 5.55. The summed E-state index contributed by atoms with van der Waals surface area (Å²) >= 11 is 0. The zero-order valence-electron chi connectivity index (χ0n) is 13.5. The number of rotatable bonds is 6. The molecule has 1 aromatic carbocycles. The highest BCUT2D eigenvalue weighted by Crippen LogP contribution is 2.39. The van der Waals surface area contributed by atoms with Gasteiger partial charge in [0.05, 0.1) is 24.5 Å². The summed E-state index contributed by atoms with van der Waals surface area (Å²) in [6.45, 7) is 0.440. The van der Waals surface area contributed by atoms with Crippen molar-refractivity contribution in [1.82, 2.24) is 4.90 Å². The van der Waals surface area contributed by atoms with Gasteiger partial charge in [-0.25, -0.2) is 0 Å². The van der Waals surface area contributed by atoms with Crippen LogP contribution in [-0.4, -0.2) is 47.1 Å². The molecule has 130 valence electrons. The summed E-state index contributed by atoms with van der Waals surface area (Å²) < 4.78 is 10.1. The van der Waals surface area contributed by atoms with Crippen molar-refractivity contribution in [3.8, 4) is 5.75 Å². The van der Waals surface area contributed by atoms with Crippen LogP contribution in [0, 0.1) is 0 Å². The molecule has 0 radical (unpaired) electrons. The van der Waals surface area contributed by atoms with Crippen LogP contribution in [0.25, 0.3) is 0 Å². The van der Waals surface area contributed by atoms with Crippen molar-refractivity contribution in [2.75, 3.05) is 20.3 Å². The molecule has 0 saturated heterocycles. The highest BCUT2D eigenvalue weighted by atomic mass is 16.5. The van der Waals surface area contributed by atoms with E-state index in [4.69, 9.17) is 9.15 Å². The number of phenols is 1. The van der Waals surface area contributed by atoms with E-state index in [-0.39, 0.29) is 30.2 Å². The Labute approximate surface area is 143 Å². The van der Waals surface area contributed by atoms with Gasteiger partial charge in [0.25, 0.3) is 5.91 Å². The number of ether oxygens (including phenoxy) is 1. The van der Waals surface area contributed by atoms with E-state index < -0.39 is 23.5 Å². The predicted octanol–water partition coefficient (Wildman–Crippen LogP) is 2.21. The molecule has 2 N–H and O–H groups in total. The Morgan fingerprint density at radius 3 is 2.56 bits per heavy atom. The second kappa shape index (κ2) is 6.82. The van der Waals surface area contributed by atoms with Crippen LogP contribution in [-0.2, 0) is 9.53 Å². The molecule has 0 unspecified atom stereocenters. The zero-order chi connectivity index (χ0) is 18.0. The van der Waals surface area contributed by atoms with Gasteiger partial charge in [0.1, 0.15) is 5.75 Å². The smallest absolute Gasteiger partial charge is 0.290 e. The fraction of sp³-hybridized carbons (Fsp3) is 0.222. The van der Waals surface area contributed by atoms with E-state index in [1.807, 2.05) is 0 Å². The molecular weight excluding hydrogens is 326 g/mol. The Bertz CT molecular complexity index is 807. The van der Waals surface area contributed by atoms with Gasteiger partial charge in [-0.3, -0.25) is 9.59 Å². The molecule has 2 heterocycles. The number of aliphatic hydroxyl groups excluding tert-OH is 1. The largest absolute Gasteiger partial charge is 0.508 e. The number of nitrogens with zero attached hydrogens (tertiary/aromatic N) is 1. The first-order valence-corrected chi connectivity index (χ1v) is 7.64. The van der Waals surface area contributed by atoms with Crippen molar-refractivity contribution in [3.05, 3.63) is 65.3 Å². The second-order valence-electron chi connectivity index (χ2n) is 5.55. The van der Waals surface area contributed by atoms with Gasteiger partial charge in [0.15, 0.2) is 11.5 Å². The number of furan rings is 1. The number of aliphatic hydroxyl groups is 1. The van der Waals surface area contributed by atoms with Crippen molar-refractivity contribution in [2.45, 2.75) is 6.04 Å². The molecule has 3 rings (SSSR count). The maximum atomic E-state index is 12.8. The van der Waals surface area contributed by atoms with Crippen LogP contribution in [0.5, 0.6) is 5.75 Å². The topological polar surface area (TPSA) is 100 Å². The Morgan fingerprint density at radius 1 is 1.24 bits per heavy atom. The zero-order valence-corrected chi connectivity index (χ0v) is 13.5. The lowest BCUT2D eigenvalue weighted by molar-refractivity contribution is -0.130. The predicted molar refractivity (Wildman–Crippen MR) is 87.1 cm³/mol. The van der Waals surface area contributed by atoms with Gasteiger partial charge in [0, 0.05) is 13.7 Å². The first kappa shape index (κ1) is 16.8. The SMILES string of the molecule is COCCN1C(=O)C(O)=C(C(=O)c2ccco2)[C@H]1c1ccc(O)cc1. The van der Waals surface area contributed by atoms with Crippen LogP contribution in [0.15, 0.2) is 58.4 Å². The number of ketones is 1. The summed E-state index contributed by atoms with van der Waals surface area (Å²) in [5, 5.41) is 19.8. The molecule has 7 nitrogen and oxygen atoms in total. The van der Waals surface area contributed by atoms with Crippen molar-refractivity contribution in [1.29, 1.82) is 0 Å². The van der Waals surface area contributed by atoms with Gasteiger partial charge >= 0.3 is 0 Å². The summed E-state index contributed by atoms with van der Waals surface area (Å²) in [7, 11) is 1.50. The summed E-state index contributed by atoms with van der Waals surface area (Å²) in [5.74, 6) is -1.72. The number of benzene rings is 1. The van der Waals surface area contributed by atoms with E-state index in [2.05, 4.69) is 0 Å². The number of hydrogen-bond acceptors (Lipinski definition) is 6. The molecule has 1 aromatic heterocycles.